The lowest BCUT2D eigenvalue weighted by molar-refractivity contribution is 0.0600. The summed E-state index contributed by atoms with van der Waals surface area (Å²) < 4.78 is 4.72. The fraction of sp³-hybridized carbons (Fsp3) is 0.300. The number of ether oxygens (including phenoxy) is 1. The number of rotatable bonds is 5. The van der Waals surface area contributed by atoms with Crippen LogP contribution >= 0.6 is 0 Å². The van der Waals surface area contributed by atoms with E-state index in [-0.39, 0.29) is 11.9 Å². The molecular formula is C20H23N3O3. The van der Waals surface area contributed by atoms with E-state index in [0.717, 1.165) is 24.2 Å². The summed E-state index contributed by atoms with van der Waals surface area (Å²) in [5, 5.41) is 2.90. The van der Waals surface area contributed by atoms with Gasteiger partial charge in [0.05, 0.1) is 12.7 Å². The number of nitrogens with one attached hydrogen (secondary N) is 3. The molecule has 2 aromatic rings. The largest absolute Gasteiger partial charge is 0.465 e. The van der Waals surface area contributed by atoms with Gasteiger partial charge in [0.25, 0.3) is 5.91 Å². The monoisotopic (exact) mass is 353 g/mol. The van der Waals surface area contributed by atoms with Gasteiger partial charge in [-0.1, -0.05) is 18.2 Å². The second kappa shape index (κ2) is 8.12. The molecule has 1 heterocycles. The molecule has 1 saturated heterocycles. The Hall–Kier alpha value is -2.70. The molecule has 1 aliphatic rings. The Morgan fingerprint density at radius 2 is 1.88 bits per heavy atom. The number of hydrazine groups is 1. The molecule has 1 fully saturated rings. The molecule has 3 rings (SSSR count). The lowest BCUT2D eigenvalue weighted by atomic mass is 9.94. The summed E-state index contributed by atoms with van der Waals surface area (Å²) in [6.07, 6.45) is 0. The Balaban J connectivity index is 1.65. The highest BCUT2D eigenvalue weighted by Gasteiger charge is 2.19. The van der Waals surface area contributed by atoms with E-state index in [4.69, 9.17) is 4.74 Å². The molecule has 0 aromatic heterocycles. The Morgan fingerprint density at radius 1 is 1.12 bits per heavy atom. The SMILES string of the molecule is COC(=O)c1cccc(CNC(=O)c2ccc(C3CNNC3)c(C)c2)c1. The van der Waals surface area contributed by atoms with E-state index in [1.807, 2.05) is 31.2 Å². The average molecular weight is 353 g/mol. The lowest BCUT2D eigenvalue weighted by Gasteiger charge is -2.13. The van der Waals surface area contributed by atoms with Crippen molar-refractivity contribution in [2.45, 2.75) is 19.4 Å². The number of aryl methyl sites for hydroxylation is 1. The van der Waals surface area contributed by atoms with E-state index in [1.54, 1.807) is 18.2 Å². The van der Waals surface area contributed by atoms with E-state index in [1.165, 1.54) is 12.7 Å². The Kier molecular flexibility index (Phi) is 5.65. The van der Waals surface area contributed by atoms with Crippen LogP contribution in [0, 0.1) is 6.92 Å². The summed E-state index contributed by atoms with van der Waals surface area (Å²) in [4.78, 5) is 24.0. The van der Waals surface area contributed by atoms with Gasteiger partial charge in [-0.15, -0.1) is 0 Å². The summed E-state index contributed by atoms with van der Waals surface area (Å²) in [6.45, 7) is 4.16. The molecule has 6 heteroatoms. The summed E-state index contributed by atoms with van der Waals surface area (Å²) in [6, 6.07) is 12.9. The van der Waals surface area contributed by atoms with Crippen LogP contribution in [-0.2, 0) is 11.3 Å². The summed E-state index contributed by atoms with van der Waals surface area (Å²) >= 11 is 0. The smallest absolute Gasteiger partial charge is 0.337 e. The molecule has 0 radical (unpaired) electrons. The highest BCUT2D eigenvalue weighted by atomic mass is 16.5. The number of benzene rings is 2. The maximum absolute atomic E-state index is 12.5. The fourth-order valence-electron chi connectivity index (χ4n) is 3.17. The summed E-state index contributed by atoms with van der Waals surface area (Å²) in [5.41, 5.74) is 10.6. The van der Waals surface area contributed by atoms with Crippen molar-refractivity contribution in [3.05, 3.63) is 70.3 Å². The number of hydrogen-bond acceptors (Lipinski definition) is 5. The van der Waals surface area contributed by atoms with Gasteiger partial charge in [-0.2, -0.15) is 0 Å². The maximum atomic E-state index is 12.5. The Bertz CT molecular complexity index is 814. The number of carbonyl (C=O) groups excluding carboxylic acids is 2. The van der Waals surface area contributed by atoms with Crippen LogP contribution in [-0.4, -0.2) is 32.1 Å². The third-order valence-corrected chi connectivity index (χ3v) is 4.59. The minimum absolute atomic E-state index is 0.134. The van der Waals surface area contributed by atoms with Crippen molar-refractivity contribution in [3.63, 3.8) is 0 Å². The molecule has 0 bridgehead atoms. The van der Waals surface area contributed by atoms with Crippen LogP contribution in [0.1, 0.15) is 43.3 Å². The van der Waals surface area contributed by atoms with Gasteiger partial charge in [-0.3, -0.25) is 15.6 Å². The molecule has 1 aliphatic heterocycles. The Morgan fingerprint density at radius 3 is 2.58 bits per heavy atom. The number of esters is 1. The highest BCUT2D eigenvalue weighted by molar-refractivity contribution is 5.94. The molecule has 2 aromatic carbocycles. The van der Waals surface area contributed by atoms with Gasteiger partial charge in [0.1, 0.15) is 0 Å². The van der Waals surface area contributed by atoms with Crippen molar-refractivity contribution in [1.29, 1.82) is 0 Å². The molecule has 1 amide bonds. The van der Waals surface area contributed by atoms with Crippen LogP contribution in [0.3, 0.4) is 0 Å². The van der Waals surface area contributed by atoms with E-state index < -0.39 is 0 Å². The molecular weight excluding hydrogens is 330 g/mol. The van der Waals surface area contributed by atoms with E-state index in [0.29, 0.717) is 23.6 Å². The van der Waals surface area contributed by atoms with Crippen LogP contribution < -0.4 is 16.2 Å². The second-order valence-electron chi connectivity index (χ2n) is 6.40. The number of methoxy groups -OCH3 is 1. The second-order valence-corrected chi connectivity index (χ2v) is 6.40. The van der Waals surface area contributed by atoms with E-state index in [9.17, 15) is 9.59 Å². The zero-order valence-corrected chi connectivity index (χ0v) is 15.0. The molecule has 0 aliphatic carbocycles. The first kappa shape index (κ1) is 18.1. The third kappa shape index (κ3) is 4.09. The molecule has 26 heavy (non-hydrogen) atoms. The summed E-state index contributed by atoms with van der Waals surface area (Å²) in [5.74, 6) is -0.0979. The van der Waals surface area contributed by atoms with Crippen molar-refractivity contribution in [2.24, 2.45) is 0 Å². The topological polar surface area (TPSA) is 79.5 Å². The van der Waals surface area contributed by atoms with Gasteiger partial charge in [0, 0.05) is 31.1 Å². The molecule has 6 nitrogen and oxygen atoms in total. The molecule has 0 unspecified atom stereocenters. The highest BCUT2D eigenvalue weighted by Crippen LogP contribution is 2.22. The quantitative estimate of drug-likeness (QED) is 0.716. The van der Waals surface area contributed by atoms with Gasteiger partial charge in [0.2, 0.25) is 0 Å². The van der Waals surface area contributed by atoms with Gasteiger partial charge in [-0.05, 0) is 47.9 Å². The minimum Gasteiger partial charge on any atom is -0.465 e. The van der Waals surface area contributed by atoms with E-state index >= 15 is 0 Å². The first-order valence-electron chi connectivity index (χ1n) is 8.60. The average Bonchev–Trinajstić information content (AvgIpc) is 3.20. The van der Waals surface area contributed by atoms with Crippen LogP contribution in [0.25, 0.3) is 0 Å². The fourth-order valence-corrected chi connectivity index (χ4v) is 3.17. The number of amides is 1. The molecule has 0 atom stereocenters. The van der Waals surface area contributed by atoms with Crippen molar-refractivity contribution in [3.8, 4) is 0 Å². The third-order valence-electron chi connectivity index (χ3n) is 4.59. The van der Waals surface area contributed by atoms with Gasteiger partial charge < -0.3 is 10.1 Å². The molecule has 136 valence electrons. The first-order chi connectivity index (χ1) is 12.6. The zero-order chi connectivity index (χ0) is 18.5. The lowest BCUT2D eigenvalue weighted by Crippen LogP contribution is -2.23. The standard InChI is InChI=1S/C20H23N3O3/c1-13-8-15(6-7-18(13)17-11-22-23-12-17)19(24)21-10-14-4-3-5-16(9-14)20(25)26-2/h3-9,17,22-23H,10-12H2,1-2H3,(H,21,24). The Labute approximate surface area is 152 Å². The van der Waals surface area contributed by atoms with Crippen LogP contribution in [0.15, 0.2) is 42.5 Å². The normalized spacial score (nSPS) is 14.2. The maximum Gasteiger partial charge on any atom is 0.337 e. The molecule has 0 saturated carbocycles. The molecule has 0 spiro atoms. The minimum atomic E-state index is -0.389. The zero-order valence-electron chi connectivity index (χ0n) is 15.0. The van der Waals surface area contributed by atoms with Crippen LogP contribution in [0.2, 0.25) is 0 Å². The predicted octanol–water partition coefficient (Wildman–Crippen LogP) is 1.90. The van der Waals surface area contributed by atoms with Crippen molar-refractivity contribution in [1.82, 2.24) is 16.2 Å². The van der Waals surface area contributed by atoms with E-state index in [2.05, 4.69) is 16.2 Å². The number of hydrogen-bond donors (Lipinski definition) is 3. The van der Waals surface area contributed by atoms with Gasteiger partial charge >= 0.3 is 5.97 Å². The van der Waals surface area contributed by atoms with Crippen molar-refractivity contribution in [2.75, 3.05) is 20.2 Å². The van der Waals surface area contributed by atoms with Crippen molar-refractivity contribution >= 4 is 11.9 Å². The molecule has 3 N–H and O–H groups in total. The number of carbonyl (C=O) groups is 2. The first-order valence-corrected chi connectivity index (χ1v) is 8.60. The van der Waals surface area contributed by atoms with Crippen LogP contribution in [0.5, 0.6) is 0 Å². The predicted molar refractivity (Wildman–Crippen MR) is 98.9 cm³/mol. The van der Waals surface area contributed by atoms with Gasteiger partial charge in [0.15, 0.2) is 0 Å². The summed E-state index contributed by atoms with van der Waals surface area (Å²) in [7, 11) is 1.35. The van der Waals surface area contributed by atoms with Gasteiger partial charge in [-0.25, -0.2) is 4.79 Å². The van der Waals surface area contributed by atoms with Crippen LogP contribution in [0.4, 0.5) is 0 Å². The van der Waals surface area contributed by atoms with Crippen molar-refractivity contribution < 1.29 is 14.3 Å².